The highest BCUT2D eigenvalue weighted by Crippen LogP contribution is 2.32. The van der Waals surface area contributed by atoms with E-state index in [9.17, 15) is 9.59 Å². The number of nitrogens with zero attached hydrogens (tertiary/aromatic N) is 1. The Balaban J connectivity index is 1.55. The minimum absolute atomic E-state index is 0.154. The third kappa shape index (κ3) is 5.70. The molecule has 30 heavy (non-hydrogen) atoms. The first kappa shape index (κ1) is 22.1. The first-order valence-electron chi connectivity index (χ1n) is 9.87. The Kier molecular flexibility index (Phi) is 7.65. The molecular formula is C23H24N2O3S2. The lowest BCUT2D eigenvalue weighted by Gasteiger charge is -2.14. The standard InChI is InChI=1S/C23H24N2O3S2/c1-3-16-5-7-17(8-6-16)15-20-22(27)25(23(29)30-20)14-13-21(26)24-18-9-11-19(12-10-18)28-4-2/h5-12,15H,3-4,13-14H2,1-2H3,(H,24,26)/b20-15+. The van der Waals surface area contributed by atoms with Crippen molar-refractivity contribution in [2.75, 3.05) is 18.5 Å². The number of ether oxygens (including phenoxy) is 1. The van der Waals surface area contributed by atoms with Gasteiger partial charge in [-0.2, -0.15) is 0 Å². The molecule has 1 N–H and O–H groups in total. The number of carbonyl (C=O) groups is 2. The van der Waals surface area contributed by atoms with Crippen molar-refractivity contribution in [3.05, 3.63) is 64.6 Å². The fourth-order valence-corrected chi connectivity index (χ4v) is 4.24. The number of aryl methyl sites for hydroxylation is 1. The van der Waals surface area contributed by atoms with E-state index in [0.29, 0.717) is 21.5 Å². The third-order valence-electron chi connectivity index (χ3n) is 4.57. The van der Waals surface area contributed by atoms with Crippen molar-refractivity contribution in [1.29, 1.82) is 0 Å². The van der Waals surface area contributed by atoms with Crippen LogP contribution in [0.3, 0.4) is 0 Å². The summed E-state index contributed by atoms with van der Waals surface area (Å²) in [5, 5.41) is 2.83. The number of hydrogen-bond donors (Lipinski definition) is 1. The van der Waals surface area contributed by atoms with Crippen LogP contribution in [0.25, 0.3) is 6.08 Å². The molecule has 7 heteroatoms. The zero-order valence-electron chi connectivity index (χ0n) is 17.0. The van der Waals surface area contributed by atoms with Crippen molar-refractivity contribution >= 4 is 51.9 Å². The number of anilines is 1. The van der Waals surface area contributed by atoms with Gasteiger partial charge in [0.25, 0.3) is 5.91 Å². The normalized spacial score (nSPS) is 15.0. The summed E-state index contributed by atoms with van der Waals surface area (Å²) in [6, 6.07) is 15.3. The molecule has 3 rings (SSSR count). The number of amides is 2. The summed E-state index contributed by atoms with van der Waals surface area (Å²) in [5.41, 5.74) is 2.89. The predicted molar refractivity (Wildman–Crippen MR) is 127 cm³/mol. The maximum Gasteiger partial charge on any atom is 0.266 e. The molecule has 0 bridgehead atoms. The summed E-state index contributed by atoms with van der Waals surface area (Å²) in [6.45, 7) is 4.86. The molecule has 0 aromatic heterocycles. The molecule has 1 aliphatic rings. The van der Waals surface area contributed by atoms with Gasteiger partial charge in [-0.25, -0.2) is 0 Å². The van der Waals surface area contributed by atoms with Gasteiger partial charge in [-0.15, -0.1) is 0 Å². The van der Waals surface area contributed by atoms with Crippen molar-refractivity contribution in [3.8, 4) is 5.75 Å². The predicted octanol–water partition coefficient (Wildman–Crippen LogP) is 4.88. The summed E-state index contributed by atoms with van der Waals surface area (Å²) < 4.78 is 5.87. The van der Waals surface area contributed by atoms with Crippen LogP contribution in [-0.2, 0) is 16.0 Å². The first-order valence-corrected chi connectivity index (χ1v) is 11.1. The van der Waals surface area contributed by atoms with Crippen LogP contribution >= 0.6 is 24.0 Å². The molecule has 1 saturated heterocycles. The maximum absolute atomic E-state index is 12.7. The van der Waals surface area contributed by atoms with Gasteiger partial charge in [0.1, 0.15) is 10.1 Å². The second-order valence-corrected chi connectivity index (χ2v) is 8.36. The molecule has 2 aromatic rings. The van der Waals surface area contributed by atoms with E-state index >= 15 is 0 Å². The summed E-state index contributed by atoms with van der Waals surface area (Å²) in [5.74, 6) is 0.426. The lowest BCUT2D eigenvalue weighted by atomic mass is 10.1. The van der Waals surface area contributed by atoms with Crippen LogP contribution in [0, 0.1) is 0 Å². The highest BCUT2D eigenvalue weighted by molar-refractivity contribution is 8.26. The Morgan fingerprint density at radius 3 is 2.47 bits per heavy atom. The number of thioether (sulfide) groups is 1. The van der Waals surface area contributed by atoms with Crippen molar-refractivity contribution in [1.82, 2.24) is 4.90 Å². The molecule has 1 fully saturated rings. The summed E-state index contributed by atoms with van der Waals surface area (Å²) in [4.78, 5) is 27.1. The van der Waals surface area contributed by atoms with Crippen LogP contribution in [0.15, 0.2) is 53.4 Å². The lowest BCUT2D eigenvalue weighted by Crippen LogP contribution is -2.31. The van der Waals surface area contributed by atoms with E-state index in [0.717, 1.165) is 17.7 Å². The Bertz CT molecular complexity index is 953. The van der Waals surface area contributed by atoms with Gasteiger partial charge in [0.15, 0.2) is 0 Å². The van der Waals surface area contributed by atoms with Crippen LogP contribution < -0.4 is 10.1 Å². The zero-order chi connectivity index (χ0) is 21.5. The van der Waals surface area contributed by atoms with Crippen molar-refractivity contribution in [2.24, 2.45) is 0 Å². The van der Waals surface area contributed by atoms with Gasteiger partial charge in [0.05, 0.1) is 11.5 Å². The number of thiocarbonyl (C=S) groups is 1. The summed E-state index contributed by atoms with van der Waals surface area (Å²) in [7, 11) is 0. The van der Waals surface area contributed by atoms with Gasteiger partial charge < -0.3 is 10.1 Å². The maximum atomic E-state index is 12.7. The number of hydrogen-bond acceptors (Lipinski definition) is 5. The molecule has 2 amide bonds. The van der Waals surface area contributed by atoms with Gasteiger partial charge in [-0.1, -0.05) is 55.2 Å². The van der Waals surface area contributed by atoms with Gasteiger partial charge in [-0.3, -0.25) is 14.5 Å². The second kappa shape index (κ2) is 10.4. The van der Waals surface area contributed by atoms with Crippen LogP contribution in [0.2, 0.25) is 0 Å². The largest absolute Gasteiger partial charge is 0.494 e. The molecule has 0 spiro atoms. The molecule has 0 atom stereocenters. The topological polar surface area (TPSA) is 58.6 Å². The number of nitrogens with one attached hydrogen (secondary N) is 1. The Hall–Kier alpha value is -2.64. The zero-order valence-corrected chi connectivity index (χ0v) is 18.6. The Morgan fingerprint density at radius 1 is 1.13 bits per heavy atom. The van der Waals surface area contributed by atoms with Crippen molar-refractivity contribution < 1.29 is 14.3 Å². The fraction of sp³-hybridized carbons (Fsp3) is 0.261. The Labute approximate surface area is 186 Å². The van der Waals surface area contributed by atoms with E-state index in [-0.39, 0.29) is 24.8 Å². The van der Waals surface area contributed by atoms with Crippen molar-refractivity contribution in [2.45, 2.75) is 26.7 Å². The number of benzene rings is 2. The van der Waals surface area contributed by atoms with Gasteiger partial charge in [0.2, 0.25) is 5.91 Å². The number of rotatable bonds is 8. The molecule has 156 valence electrons. The Morgan fingerprint density at radius 2 is 1.83 bits per heavy atom. The summed E-state index contributed by atoms with van der Waals surface area (Å²) in [6.07, 6.45) is 2.98. The van der Waals surface area contributed by atoms with Crippen LogP contribution in [0.4, 0.5) is 5.69 Å². The van der Waals surface area contributed by atoms with E-state index in [2.05, 4.69) is 24.4 Å². The monoisotopic (exact) mass is 440 g/mol. The van der Waals surface area contributed by atoms with E-state index < -0.39 is 0 Å². The minimum Gasteiger partial charge on any atom is -0.494 e. The molecule has 0 aliphatic carbocycles. The average Bonchev–Trinajstić information content (AvgIpc) is 3.01. The third-order valence-corrected chi connectivity index (χ3v) is 5.95. The molecule has 5 nitrogen and oxygen atoms in total. The average molecular weight is 441 g/mol. The lowest BCUT2D eigenvalue weighted by molar-refractivity contribution is -0.122. The SMILES string of the molecule is CCOc1ccc(NC(=O)CCN2C(=O)/C(=C\c3ccc(CC)cc3)SC2=S)cc1. The molecule has 0 saturated carbocycles. The first-order chi connectivity index (χ1) is 14.5. The second-order valence-electron chi connectivity index (χ2n) is 6.68. The molecule has 1 heterocycles. The van der Waals surface area contributed by atoms with Gasteiger partial charge >= 0.3 is 0 Å². The highest BCUT2D eigenvalue weighted by Gasteiger charge is 2.32. The molecular weight excluding hydrogens is 416 g/mol. The highest BCUT2D eigenvalue weighted by atomic mass is 32.2. The smallest absolute Gasteiger partial charge is 0.266 e. The van der Waals surface area contributed by atoms with Crippen LogP contribution in [-0.4, -0.2) is 34.2 Å². The molecule has 0 radical (unpaired) electrons. The van der Waals surface area contributed by atoms with E-state index in [1.807, 2.05) is 25.1 Å². The van der Waals surface area contributed by atoms with Gasteiger partial charge in [-0.05, 0) is 54.8 Å². The summed E-state index contributed by atoms with van der Waals surface area (Å²) >= 11 is 6.62. The fourth-order valence-electron chi connectivity index (χ4n) is 2.93. The van der Waals surface area contributed by atoms with E-state index in [1.54, 1.807) is 24.3 Å². The quantitative estimate of drug-likeness (QED) is 0.468. The molecule has 1 aliphatic heterocycles. The minimum atomic E-state index is -0.174. The van der Waals surface area contributed by atoms with E-state index in [4.69, 9.17) is 17.0 Å². The van der Waals surface area contributed by atoms with Crippen LogP contribution in [0.5, 0.6) is 5.75 Å². The van der Waals surface area contributed by atoms with Gasteiger partial charge in [0, 0.05) is 18.7 Å². The van der Waals surface area contributed by atoms with Crippen LogP contribution in [0.1, 0.15) is 31.4 Å². The number of carbonyl (C=O) groups excluding carboxylic acids is 2. The van der Waals surface area contributed by atoms with Crippen molar-refractivity contribution in [3.63, 3.8) is 0 Å². The molecule has 0 unspecified atom stereocenters. The van der Waals surface area contributed by atoms with E-state index in [1.165, 1.54) is 22.2 Å². The molecule has 2 aromatic carbocycles.